The molecule has 0 radical (unpaired) electrons. The number of hydrogen-bond donors (Lipinski definition) is 2. The summed E-state index contributed by atoms with van der Waals surface area (Å²) in [6.07, 6.45) is 7.30. The van der Waals surface area contributed by atoms with Crippen LogP contribution in [0.3, 0.4) is 0 Å². The third-order valence-electron chi connectivity index (χ3n) is 3.32. The van der Waals surface area contributed by atoms with Crippen molar-refractivity contribution in [3.8, 4) is 12.3 Å². The van der Waals surface area contributed by atoms with Crippen LogP contribution in [0.5, 0.6) is 0 Å². The SMILES string of the molecule is C#CC(CC)(CC)NC(=S)Nc1cc(C)cc(C)c1. The molecule has 1 aromatic carbocycles. The van der Waals surface area contributed by atoms with Crippen LogP contribution in [-0.4, -0.2) is 10.7 Å². The Morgan fingerprint density at radius 1 is 1.21 bits per heavy atom. The van der Waals surface area contributed by atoms with E-state index in [0.29, 0.717) is 5.11 Å². The second-order valence-electron chi connectivity index (χ2n) is 4.89. The van der Waals surface area contributed by atoms with Crippen LogP contribution in [0.2, 0.25) is 0 Å². The van der Waals surface area contributed by atoms with E-state index in [9.17, 15) is 0 Å². The predicted octanol–water partition coefficient (Wildman–Crippen LogP) is 3.78. The van der Waals surface area contributed by atoms with Crippen LogP contribution in [0, 0.1) is 26.2 Å². The van der Waals surface area contributed by atoms with Crippen LogP contribution in [0.25, 0.3) is 0 Å². The number of rotatable bonds is 4. The Labute approximate surface area is 122 Å². The van der Waals surface area contributed by atoms with E-state index in [2.05, 4.69) is 62.4 Å². The molecule has 0 fully saturated rings. The van der Waals surface area contributed by atoms with Crippen LogP contribution in [-0.2, 0) is 0 Å². The minimum atomic E-state index is -0.358. The van der Waals surface area contributed by atoms with E-state index in [4.69, 9.17) is 18.6 Å². The summed E-state index contributed by atoms with van der Waals surface area (Å²) in [5.41, 5.74) is 3.05. The van der Waals surface area contributed by atoms with Crippen molar-refractivity contribution in [2.45, 2.75) is 46.1 Å². The van der Waals surface area contributed by atoms with Crippen LogP contribution in [0.1, 0.15) is 37.8 Å². The summed E-state index contributed by atoms with van der Waals surface area (Å²) < 4.78 is 0. The minimum absolute atomic E-state index is 0.358. The molecule has 0 aliphatic rings. The van der Waals surface area contributed by atoms with E-state index in [0.717, 1.165) is 18.5 Å². The molecule has 0 saturated heterocycles. The number of terminal acetylenes is 1. The van der Waals surface area contributed by atoms with Crippen molar-refractivity contribution in [1.29, 1.82) is 0 Å². The van der Waals surface area contributed by atoms with E-state index in [1.54, 1.807) is 0 Å². The van der Waals surface area contributed by atoms with E-state index in [1.807, 2.05) is 0 Å². The molecule has 1 aromatic rings. The van der Waals surface area contributed by atoms with E-state index < -0.39 is 0 Å². The summed E-state index contributed by atoms with van der Waals surface area (Å²) >= 11 is 5.35. The van der Waals surface area contributed by atoms with Gasteiger partial charge in [0.1, 0.15) is 0 Å². The number of aryl methyl sites for hydroxylation is 2. The second-order valence-corrected chi connectivity index (χ2v) is 5.30. The molecule has 0 aliphatic heterocycles. The zero-order chi connectivity index (χ0) is 14.5. The van der Waals surface area contributed by atoms with Crippen molar-refractivity contribution >= 4 is 23.0 Å². The molecular formula is C16H22N2S. The van der Waals surface area contributed by atoms with Gasteiger partial charge in [0.25, 0.3) is 0 Å². The summed E-state index contributed by atoms with van der Waals surface area (Å²) in [7, 11) is 0. The summed E-state index contributed by atoms with van der Waals surface area (Å²) in [6.45, 7) is 8.27. The summed E-state index contributed by atoms with van der Waals surface area (Å²) in [4.78, 5) is 0. The van der Waals surface area contributed by atoms with Gasteiger partial charge in [-0.25, -0.2) is 0 Å². The van der Waals surface area contributed by atoms with Gasteiger partial charge < -0.3 is 10.6 Å². The van der Waals surface area contributed by atoms with Crippen LogP contribution in [0.4, 0.5) is 5.69 Å². The third kappa shape index (κ3) is 4.25. The van der Waals surface area contributed by atoms with Gasteiger partial charge in [0, 0.05) is 5.69 Å². The molecular weight excluding hydrogens is 252 g/mol. The number of benzene rings is 1. The van der Waals surface area contributed by atoms with E-state index >= 15 is 0 Å². The predicted molar refractivity (Wildman–Crippen MR) is 87.4 cm³/mol. The summed E-state index contributed by atoms with van der Waals surface area (Å²) in [5, 5.41) is 7.03. The molecule has 0 bridgehead atoms. The van der Waals surface area contributed by atoms with Crippen molar-refractivity contribution in [3.63, 3.8) is 0 Å². The molecule has 0 saturated carbocycles. The van der Waals surface area contributed by atoms with Crippen molar-refractivity contribution in [1.82, 2.24) is 5.32 Å². The Balaban J connectivity index is 2.78. The molecule has 0 heterocycles. The zero-order valence-corrected chi connectivity index (χ0v) is 12.9. The topological polar surface area (TPSA) is 24.1 Å². The Morgan fingerprint density at radius 3 is 2.16 bits per heavy atom. The van der Waals surface area contributed by atoms with Crippen molar-refractivity contribution < 1.29 is 0 Å². The Hall–Kier alpha value is -1.53. The van der Waals surface area contributed by atoms with Crippen molar-refractivity contribution in [3.05, 3.63) is 29.3 Å². The lowest BCUT2D eigenvalue weighted by Gasteiger charge is -2.28. The van der Waals surface area contributed by atoms with Crippen LogP contribution >= 0.6 is 12.2 Å². The fraction of sp³-hybridized carbons (Fsp3) is 0.438. The maximum Gasteiger partial charge on any atom is 0.171 e. The lowest BCUT2D eigenvalue weighted by atomic mass is 9.94. The molecule has 1 rings (SSSR count). The van der Waals surface area contributed by atoms with Gasteiger partial charge in [0.05, 0.1) is 5.54 Å². The highest BCUT2D eigenvalue weighted by Crippen LogP contribution is 2.16. The summed E-state index contributed by atoms with van der Waals surface area (Å²) in [6, 6.07) is 6.26. The van der Waals surface area contributed by atoms with Gasteiger partial charge in [-0.3, -0.25) is 0 Å². The third-order valence-corrected chi connectivity index (χ3v) is 3.52. The number of thiocarbonyl (C=S) groups is 1. The molecule has 0 unspecified atom stereocenters. The Morgan fingerprint density at radius 2 is 1.74 bits per heavy atom. The van der Waals surface area contributed by atoms with Crippen molar-refractivity contribution in [2.24, 2.45) is 0 Å². The Bertz CT molecular complexity index is 476. The highest BCUT2D eigenvalue weighted by Gasteiger charge is 2.23. The van der Waals surface area contributed by atoms with E-state index in [1.165, 1.54) is 11.1 Å². The average Bonchev–Trinajstić information content (AvgIpc) is 2.35. The quantitative estimate of drug-likeness (QED) is 0.645. The molecule has 0 amide bonds. The first kappa shape index (κ1) is 15.5. The van der Waals surface area contributed by atoms with Gasteiger partial charge in [-0.2, -0.15) is 0 Å². The zero-order valence-electron chi connectivity index (χ0n) is 12.1. The standard InChI is InChI=1S/C16H22N2S/c1-6-16(7-2,8-3)18-15(19)17-14-10-12(4)9-13(5)11-14/h1,9-11H,7-8H2,2-5H3,(H2,17,18,19). The molecule has 0 aromatic heterocycles. The molecule has 0 aliphatic carbocycles. The highest BCUT2D eigenvalue weighted by atomic mass is 32.1. The molecule has 19 heavy (non-hydrogen) atoms. The van der Waals surface area contributed by atoms with Gasteiger partial charge in [-0.05, 0) is 62.2 Å². The first-order valence-corrected chi connectivity index (χ1v) is 7.00. The highest BCUT2D eigenvalue weighted by molar-refractivity contribution is 7.80. The molecule has 3 heteroatoms. The number of hydrogen-bond acceptors (Lipinski definition) is 1. The largest absolute Gasteiger partial charge is 0.346 e. The second kappa shape index (κ2) is 6.58. The van der Waals surface area contributed by atoms with Gasteiger partial charge in [0.2, 0.25) is 0 Å². The number of nitrogens with one attached hydrogen (secondary N) is 2. The lowest BCUT2D eigenvalue weighted by molar-refractivity contribution is 0.461. The van der Waals surface area contributed by atoms with E-state index in [-0.39, 0.29) is 5.54 Å². The smallest absolute Gasteiger partial charge is 0.171 e. The van der Waals surface area contributed by atoms with Crippen LogP contribution < -0.4 is 10.6 Å². The fourth-order valence-corrected chi connectivity index (χ4v) is 2.41. The minimum Gasteiger partial charge on any atom is -0.346 e. The molecule has 102 valence electrons. The average molecular weight is 274 g/mol. The maximum atomic E-state index is 5.62. The van der Waals surface area contributed by atoms with Crippen molar-refractivity contribution in [2.75, 3.05) is 5.32 Å². The monoisotopic (exact) mass is 274 g/mol. The van der Waals surface area contributed by atoms with Gasteiger partial charge in [0.15, 0.2) is 5.11 Å². The molecule has 0 atom stereocenters. The molecule has 2 N–H and O–H groups in total. The van der Waals surface area contributed by atoms with Gasteiger partial charge >= 0.3 is 0 Å². The Kier molecular flexibility index (Phi) is 5.38. The first-order chi connectivity index (χ1) is 8.94. The lowest BCUT2D eigenvalue weighted by Crippen LogP contribution is -2.48. The number of anilines is 1. The van der Waals surface area contributed by atoms with Gasteiger partial charge in [-0.1, -0.05) is 25.8 Å². The molecule has 2 nitrogen and oxygen atoms in total. The maximum absolute atomic E-state index is 5.62. The normalized spacial score (nSPS) is 10.7. The van der Waals surface area contributed by atoms with Gasteiger partial charge in [-0.15, -0.1) is 6.42 Å². The fourth-order valence-electron chi connectivity index (χ4n) is 2.09. The van der Waals surface area contributed by atoms with Crippen LogP contribution in [0.15, 0.2) is 18.2 Å². The molecule has 0 spiro atoms. The summed E-state index contributed by atoms with van der Waals surface area (Å²) in [5.74, 6) is 2.82. The first-order valence-electron chi connectivity index (χ1n) is 6.60.